The smallest absolute Gasteiger partial charge is 0.462 e. The molecule has 0 aromatic rings. The fourth-order valence-corrected chi connectivity index (χ4v) is 11.3. The summed E-state index contributed by atoms with van der Waals surface area (Å²) < 4.78 is 68.3. The summed E-state index contributed by atoms with van der Waals surface area (Å²) in [7, 11) is -9.95. The van der Waals surface area contributed by atoms with Crippen molar-refractivity contribution in [3.05, 3.63) is 97.2 Å². The van der Waals surface area contributed by atoms with Gasteiger partial charge in [-0.15, -0.1) is 0 Å². The van der Waals surface area contributed by atoms with E-state index in [-0.39, 0.29) is 25.7 Å². The monoisotopic (exact) mass is 1390 g/mol. The number of allylic oxidation sites excluding steroid dienone is 16. The number of carbonyl (C=O) groups is 4. The first-order chi connectivity index (χ1) is 46.7. The van der Waals surface area contributed by atoms with Crippen molar-refractivity contribution in [1.82, 2.24) is 0 Å². The lowest BCUT2D eigenvalue weighted by Crippen LogP contribution is -2.30. The van der Waals surface area contributed by atoms with Gasteiger partial charge in [-0.25, -0.2) is 9.13 Å². The molecule has 0 aromatic heterocycles. The van der Waals surface area contributed by atoms with Crippen LogP contribution in [0.25, 0.3) is 0 Å². The van der Waals surface area contributed by atoms with Crippen LogP contribution in [0.5, 0.6) is 0 Å². The molecular weight excluding hydrogens is 1260 g/mol. The average molecular weight is 1390 g/mol. The Balaban J connectivity index is 5.34. The highest BCUT2D eigenvalue weighted by Gasteiger charge is 2.30. The molecule has 0 fully saturated rings. The third kappa shape index (κ3) is 68.5. The molecular formula is C77H134O17P2. The van der Waals surface area contributed by atoms with Crippen molar-refractivity contribution in [3.63, 3.8) is 0 Å². The number of phosphoric acid groups is 2. The molecule has 5 atom stereocenters. The molecule has 17 nitrogen and oxygen atoms in total. The SMILES string of the molecule is CC/C=C\C/C=C\C/C=C\C/C=C\CCCCCCC(=O)OCC(COP(=O)(O)OCC(O)COP(=O)(O)OCC(COC(=O)CCCCCCC/C=C\C/C=C\CCCCC)OC(=O)CCCCCCC/C=C\CCCCCC)OC(=O)CCCCCCC/C=C\CCCC. The Morgan fingerprint density at radius 3 is 0.896 bits per heavy atom. The van der Waals surface area contributed by atoms with Crippen LogP contribution in [-0.4, -0.2) is 96.7 Å². The van der Waals surface area contributed by atoms with Gasteiger partial charge in [0.1, 0.15) is 19.3 Å². The second kappa shape index (κ2) is 69.5. The van der Waals surface area contributed by atoms with E-state index in [2.05, 4.69) is 125 Å². The van der Waals surface area contributed by atoms with Crippen LogP contribution >= 0.6 is 15.6 Å². The van der Waals surface area contributed by atoms with Crippen LogP contribution in [0.15, 0.2) is 97.2 Å². The fourth-order valence-electron chi connectivity index (χ4n) is 9.75. The summed E-state index contributed by atoms with van der Waals surface area (Å²) >= 11 is 0. The van der Waals surface area contributed by atoms with E-state index in [4.69, 9.17) is 37.0 Å². The van der Waals surface area contributed by atoms with Crippen LogP contribution in [0, 0.1) is 0 Å². The standard InChI is InChI=1S/C77H134O17P2/c1-5-9-13-17-21-25-29-32-34-35-37-40-43-46-50-54-58-62-75(80)87-67-72(93-76(81)63-59-55-51-47-41-28-24-20-16-12-8-4)69-91-95(83,84)89-65-71(78)66-90-96(85,86)92-70-73(94-77(82)64-60-56-52-48-44-38-31-27-23-19-15-11-7-3)68-88-74(79)61-57-53-49-45-42-39-36-33-30-26-22-18-14-10-6-2/h9,13,20-22,24-27,31-34,36-37,40,71-73,78H,5-8,10-12,14-19,23,28-30,35,38-39,41-70H2,1-4H3,(H,83,84)(H,85,86)/b13-9-,24-20-,25-21-,26-22-,31-27-,34-32-,36-33-,40-37-. The lowest BCUT2D eigenvalue weighted by molar-refractivity contribution is -0.161. The normalized spacial score (nSPS) is 14.5. The molecule has 0 aliphatic rings. The van der Waals surface area contributed by atoms with Crippen LogP contribution in [0.3, 0.4) is 0 Å². The molecule has 5 unspecified atom stereocenters. The Morgan fingerprint density at radius 2 is 0.552 bits per heavy atom. The van der Waals surface area contributed by atoms with Crippen molar-refractivity contribution in [2.75, 3.05) is 39.6 Å². The summed E-state index contributed by atoms with van der Waals surface area (Å²) in [5, 5.41) is 10.6. The molecule has 554 valence electrons. The minimum atomic E-state index is -4.98. The molecule has 0 saturated carbocycles. The van der Waals surface area contributed by atoms with Gasteiger partial charge >= 0.3 is 39.5 Å². The molecule has 0 amide bonds. The number of esters is 4. The van der Waals surface area contributed by atoms with Gasteiger partial charge in [0.25, 0.3) is 0 Å². The van der Waals surface area contributed by atoms with Gasteiger partial charge in [0.2, 0.25) is 0 Å². The summed E-state index contributed by atoms with van der Waals surface area (Å²) in [6.45, 7) is 4.62. The van der Waals surface area contributed by atoms with Crippen molar-refractivity contribution < 1.29 is 80.2 Å². The predicted molar refractivity (Wildman–Crippen MR) is 390 cm³/mol. The second-order valence-electron chi connectivity index (χ2n) is 24.8. The molecule has 96 heavy (non-hydrogen) atoms. The molecule has 0 spiro atoms. The van der Waals surface area contributed by atoms with Crippen molar-refractivity contribution in [2.24, 2.45) is 0 Å². The van der Waals surface area contributed by atoms with Gasteiger partial charge in [0.15, 0.2) is 12.2 Å². The highest BCUT2D eigenvalue weighted by Crippen LogP contribution is 2.45. The number of hydrogen-bond donors (Lipinski definition) is 3. The number of aliphatic hydroxyl groups excluding tert-OH is 1. The van der Waals surface area contributed by atoms with E-state index in [9.17, 15) is 43.2 Å². The average Bonchev–Trinajstić information content (AvgIpc) is 1.13. The van der Waals surface area contributed by atoms with Gasteiger partial charge < -0.3 is 33.8 Å². The molecule has 0 rings (SSSR count). The zero-order valence-electron chi connectivity index (χ0n) is 60.3. The maximum Gasteiger partial charge on any atom is 0.472 e. The lowest BCUT2D eigenvalue weighted by Gasteiger charge is -2.21. The van der Waals surface area contributed by atoms with Crippen LogP contribution in [-0.2, 0) is 65.4 Å². The Kier molecular flexibility index (Phi) is 66.6. The number of hydrogen-bond acceptors (Lipinski definition) is 15. The number of unbranched alkanes of at least 4 members (excludes halogenated alkanes) is 28. The van der Waals surface area contributed by atoms with Crippen LogP contribution in [0.2, 0.25) is 0 Å². The highest BCUT2D eigenvalue weighted by molar-refractivity contribution is 7.47. The molecule has 0 radical (unpaired) electrons. The third-order valence-corrected chi connectivity index (χ3v) is 17.4. The Labute approximate surface area is 582 Å². The lowest BCUT2D eigenvalue weighted by atomic mass is 10.1. The van der Waals surface area contributed by atoms with Gasteiger partial charge in [-0.2, -0.15) is 0 Å². The Hall–Kier alpha value is -4.02. The molecule has 19 heteroatoms. The van der Waals surface area contributed by atoms with Gasteiger partial charge in [0, 0.05) is 25.7 Å². The molecule has 0 bridgehead atoms. The summed E-state index contributed by atoms with van der Waals surface area (Å²) in [6.07, 6.45) is 71.2. The number of ether oxygens (including phenoxy) is 4. The van der Waals surface area contributed by atoms with E-state index in [1.807, 2.05) is 0 Å². The molecule has 0 aliphatic carbocycles. The maximum atomic E-state index is 13.1. The van der Waals surface area contributed by atoms with E-state index < -0.39 is 97.5 Å². The van der Waals surface area contributed by atoms with Gasteiger partial charge in [-0.1, -0.05) is 240 Å². The minimum absolute atomic E-state index is 0.0781. The molecule has 3 N–H and O–H groups in total. The van der Waals surface area contributed by atoms with Gasteiger partial charge in [-0.05, 0) is 141 Å². The van der Waals surface area contributed by atoms with Crippen molar-refractivity contribution in [3.8, 4) is 0 Å². The van der Waals surface area contributed by atoms with Gasteiger partial charge in [-0.3, -0.25) is 37.3 Å². The second-order valence-corrected chi connectivity index (χ2v) is 27.8. The van der Waals surface area contributed by atoms with E-state index in [0.29, 0.717) is 25.7 Å². The summed E-state index contributed by atoms with van der Waals surface area (Å²) in [5.74, 6) is -2.23. The summed E-state index contributed by atoms with van der Waals surface area (Å²) in [4.78, 5) is 72.7. The summed E-state index contributed by atoms with van der Waals surface area (Å²) in [6, 6.07) is 0. The van der Waals surface area contributed by atoms with Crippen LogP contribution in [0.4, 0.5) is 0 Å². The molecule has 0 aliphatic heterocycles. The summed E-state index contributed by atoms with van der Waals surface area (Å²) in [5.41, 5.74) is 0. The van der Waals surface area contributed by atoms with Crippen LogP contribution < -0.4 is 0 Å². The first-order valence-electron chi connectivity index (χ1n) is 37.5. The maximum absolute atomic E-state index is 13.1. The quantitative estimate of drug-likeness (QED) is 0.0169. The van der Waals surface area contributed by atoms with Crippen molar-refractivity contribution in [2.45, 2.75) is 329 Å². The number of phosphoric ester groups is 2. The Morgan fingerprint density at radius 1 is 0.302 bits per heavy atom. The number of carbonyl (C=O) groups excluding carboxylic acids is 4. The fraction of sp³-hybridized carbons (Fsp3) is 0.740. The molecule has 0 saturated heterocycles. The number of rotatable bonds is 70. The van der Waals surface area contributed by atoms with E-state index in [1.165, 1.54) is 57.8 Å². The van der Waals surface area contributed by atoms with Gasteiger partial charge in [0.05, 0.1) is 26.4 Å². The van der Waals surface area contributed by atoms with Crippen molar-refractivity contribution in [1.29, 1.82) is 0 Å². The van der Waals surface area contributed by atoms with Crippen molar-refractivity contribution >= 4 is 39.5 Å². The first-order valence-corrected chi connectivity index (χ1v) is 40.5. The topological polar surface area (TPSA) is 237 Å². The number of aliphatic hydroxyl groups is 1. The largest absolute Gasteiger partial charge is 0.472 e. The first kappa shape index (κ1) is 92.0. The highest BCUT2D eigenvalue weighted by atomic mass is 31.2. The molecule has 0 aromatic carbocycles. The van der Waals surface area contributed by atoms with E-state index in [0.717, 1.165) is 173 Å². The van der Waals surface area contributed by atoms with E-state index in [1.54, 1.807) is 0 Å². The zero-order valence-corrected chi connectivity index (χ0v) is 62.1. The minimum Gasteiger partial charge on any atom is -0.462 e. The van der Waals surface area contributed by atoms with E-state index >= 15 is 0 Å². The Bertz CT molecular complexity index is 2200. The zero-order chi connectivity index (χ0) is 70.4. The predicted octanol–water partition coefficient (Wildman–Crippen LogP) is 21.2. The van der Waals surface area contributed by atoms with Crippen LogP contribution in [0.1, 0.15) is 310 Å². The third-order valence-electron chi connectivity index (χ3n) is 15.5. The molecule has 0 heterocycles.